The van der Waals surface area contributed by atoms with Crippen molar-refractivity contribution in [3.05, 3.63) is 62.8 Å². The van der Waals surface area contributed by atoms with Crippen LogP contribution in [-0.2, 0) is 4.79 Å². The van der Waals surface area contributed by atoms with E-state index in [0.717, 1.165) is 27.1 Å². The van der Waals surface area contributed by atoms with Gasteiger partial charge in [-0.1, -0.05) is 19.1 Å². The first kappa shape index (κ1) is 18.4. The smallest absolute Gasteiger partial charge is 0.258 e. The number of carbonyl (C=O) groups excluding carboxylic acids is 1. The van der Waals surface area contributed by atoms with Crippen LogP contribution in [-0.4, -0.2) is 28.7 Å². The third-order valence-electron chi connectivity index (χ3n) is 5.16. The van der Waals surface area contributed by atoms with Crippen LogP contribution in [0.1, 0.15) is 42.5 Å². The van der Waals surface area contributed by atoms with E-state index in [1.165, 1.54) is 16.3 Å². The number of nitrogens with zero attached hydrogens (tertiary/aromatic N) is 2. The number of carbonyl (C=O) groups is 1. The highest BCUT2D eigenvalue weighted by Crippen LogP contribution is 2.35. The van der Waals surface area contributed by atoms with E-state index in [-0.39, 0.29) is 17.5 Å². The highest BCUT2D eigenvalue weighted by molar-refractivity contribution is 7.16. The fourth-order valence-corrected chi connectivity index (χ4v) is 4.50. The molecule has 1 amide bonds. The van der Waals surface area contributed by atoms with E-state index in [1.54, 1.807) is 7.11 Å². The van der Waals surface area contributed by atoms with Crippen molar-refractivity contribution in [1.29, 1.82) is 0 Å². The first-order chi connectivity index (χ1) is 13.5. The lowest BCUT2D eigenvalue weighted by molar-refractivity contribution is -0.132. The summed E-state index contributed by atoms with van der Waals surface area (Å²) in [6.45, 7) is 3.76. The number of benzene rings is 1. The average molecular weight is 395 g/mol. The number of aromatic amines is 1. The van der Waals surface area contributed by atoms with Gasteiger partial charge in [0.1, 0.15) is 10.6 Å². The number of ether oxygens (including phenoxy) is 1. The molecule has 0 radical (unpaired) electrons. The molecule has 1 N–H and O–H groups in total. The standard InChI is InChI=1S/C21H21N3O3S/c1-4-18(25)24-17(13-5-7-14(27-3)8-6-13)11-16(23-24)19-12(2)15-9-10-28-21(15)22-20(19)26/h5-10,17H,4,11H2,1-3H3,(H,22,26). The molecule has 3 heterocycles. The second-order valence-electron chi connectivity index (χ2n) is 6.75. The molecule has 0 fully saturated rings. The van der Waals surface area contributed by atoms with Gasteiger partial charge in [0.25, 0.3) is 5.56 Å². The minimum atomic E-state index is -0.231. The quantitative estimate of drug-likeness (QED) is 0.726. The molecule has 0 aliphatic carbocycles. The Balaban J connectivity index is 1.78. The number of rotatable bonds is 4. The second-order valence-corrected chi connectivity index (χ2v) is 7.67. The predicted octanol–water partition coefficient (Wildman–Crippen LogP) is 3.99. The van der Waals surface area contributed by atoms with E-state index in [2.05, 4.69) is 10.1 Å². The van der Waals surface area contributed by atoms with Gasteiger partial charge in [-0.05, 0) is 41.6 Å². The Hall–Kier alpha value is -2.93. The maximum absolute atomic E-state index is 12.8. The molecule has 28 heavy (non-hydrogen) atoms. The van der Waals surface area contributed by atoms with Gasteiger partial charge >= 0.3 is 0 Å². The maximum Gasteiger partial charge on any atom is 0.258 e. The van der Waals surface area contributed by atoms with Crippen LogP contribution in [0.15, 0.2) is 45.6 Å². The van der Waals surface area contributed by atoms with Crippen molar-refractivity contribution in [1.82, 2.24) is 9.99 Å². The Labute approximate surface area is 166 Å². The number of hydrogen-bond donors (Lipinski definition) is 1. The molecule has 1 unspecified atom stereocenters. The lowest BCUT2D eigenvalue weighted by Gasteiger charge is -2.21. The zero-order chi connectivity index (χ0) is 19.8. The van der Waals surface area contributed by atoms with E-state index >= 15 is 0 Å². The van der Waals surface area contributed by atoms with Crippen LogP contribution in [0.2, 0.25) is 0 Å². The summed E-state index contributed by atoms with van der Waals surface area (Å²) in [6, 6.07) is 9.40. The monoisotopic (exact) mass is 395 g/mol. The number of amides is 1. The van der Waals surface area contributed by atoms with Crippen LogP contribution in [0.3, 0.4) is 0 Å². The molecule has 6 nitrogen and oxygen atoms in total. The molecule has 0 saturated heterocycles. The fraction of sp³-hybridized carbons (Fsp3) is 0.286. The van der Waals surface area contributed by atoms with Gasteiger partial charge in [0, 0.05) is 18.2 Å². The van der Waals surface area contributed by atoms with Crippen molar-refractivity contribution in [2.45, 2.75) is 32.7 Å². The third-order valence-corrected chi connectivity index (χ3v) is 5.99. The zero-order valence-electron chi connectivity index (χ0n) is 16.0. The summed E-state index contributed by atoms with van der Waals surface area (Å²) in [7, 11) is 1.62. The van der Waals surface area contributed by atoms with Gasteiger partial charge in [-0.2, -0.15) is 5.10 Å². The van der Waals surface area contributed by atoms with Crippen molar-refractivity contribution < 1.29 is 9.53 Å². The number of aryl methyl sites for hydroxylation is 1. The van der Waals surface area contributed by atoms with Gasteiger partial charge < -0.3 is 9.72 Å². The molecular weight excluding hydrogens is 374 g/mol. The highest BCUT2D eigenvalue weighted by atomic mass is 32.1. The maximum atomic E-state index is 12.8. The van der Waals surface area contributed by atoms with Crippen molar-refractivity contribution in [3.8, 4) is 5.75 Å². The van der Waals surface area contributed by atoms with Crippen LogP contribution < -0.4 is 10.3 Å². The van der Waals surface area contributed by atoms with Crippen LogP contribution in [0.25, 0.3) is 10.2 Å². The van der Waals surface area contributed by atoms with Crippen LogP contribution in [0, 0.1) is 6.92 Å². The summed E-state index contributed by atoms with van der Waals surface area (Å²) in [5.41, 5.74) is 2.92. The molecule has 144 valence electrons. The Morgan fingerprint density at radius 2 is 2.07 bits per heavy atom. The zero-order valence-corrected chi connectivity index (χ0v) is 16.8. The van der Waals surface area contributed by atoms with Gasteiger partial charge in [0.15, 0.2) is 0 Å². The van der Waals surface area contributed by atoms with Gasteiger partial charge in [-0.25, -0.2) is 5.01 Å². The van der Waals surface area contributed by atoms with Gasteiger partial charge in [-0.3, -0.25) is 9.59 Å². The topological polar surface area (TPSA) is 74.8 Å². The lowest BCUT2D eigenvalue weighted by Crippen LogP contribution is -2.26. The van der Waals surface area contributed by atoms with Crippen LogP contribution >= 0.6 is 11.3 Å². The minimum Gasteiger partial charge on any atom is -0.497 e. The number of hydrogen-bond acceptors (Lipinski definition) is 5. The summed E-state index contributed by atoms with van der Waals surface area (Å²) in [5, 5.41) is 9.09. The predicted molar refractivity (Wildman–Crippen MR) is 111 cm³/mol. The van der Waals surface area contributed by atoms with Gasteiger partial charge in [0.05, 0.1) is 24.4 Å². The molecule has 0 spiro atoms. The summed E-state index contributed by atoms with van der Waals surface area (Å²) < 4.78 is 5.23. The van der Waals surface area contributed by atoms with Crippen LogP contribution in [0.5, 0.6) is 5.75 Å². The number of H-pyrrole nitrogens is 1. The van der Waals surface area contributed by atoms with E-state index in [9.17, 15) is 9.59 Å². The molecule has 1 aromatic carbocycles. The Bertz CT molecular complexity index is 1130. The molecule has 4 rings (SSSR count). The molecule has 1 aliphatic heterocycles. The number of aromatic nitrogens is 1. The number of pyridine rings is 1. The van der Waals surface area contributed by atoms with Crippen molar-refractivity contribution in [2.24, 2.45) is 5.10 Å². The van der Waals surface area contributed by atoms with Crippen molar-refractivity contribution in [3.63, 3.8) is 0 Å². The second kappa shape index (κ2) is 7.24. The van der Waals surface area contributed by atoms with E-state index < -0.39 is 0 Å². The van der Waals surface area contributed by atoms with Crippen LogP contribution in [0.4, 0.5) is 0 Å². The molecule has 0 bridgehead atoms. The molecular formula is C21H21N3O3S. The third kappa shape index (κ3) is 3.01. The molecule has 7 heteroatoms. The number of fused-ring (bicyclic) bond motifs is 1. The summed E-state index contributed by atoms with van der Waals surface area (Å²) in [6.07, 6.45) is 0.847. The fourth-order valence-electron chi connectivity index (χ4n) is 3.66. The highest BCUT2D eigenvalue weighted by Gasteiger charge is 2.34. The van der Waals surface area contributed by atoms with Gasteiger partial charge in [0.2, 0.25) is 5.91 Å². The molecule has 2 aromatic heterocycles. The molecule has 1 aliphatic rings. The minimum absolute atomic E-state index is 0.0680. The first-order valence-corrected chi connectivity index (χ1v) is 10.1. The first-order valence-electron chi connectivity index (χ1n) is 9.17. The summed E-state index contributed by atoms with van der Waals surface area (Å²) in [4.78, 5) is 29.1. The van der Waals surface area contributed by atoms with E-state index in [4.69, 9.17) is 4.74 Å². The summed E-state index contributed by atoms with van der Waals surface area (Å²) >= 11 is 1.51. The SMILES string of the molecule is CCC(=O)N1N=C(c2c(C)c3ccsc3[nH]c2=O)CC1c1ccc(OC)cc1. The Kier molecular flexibility index (Phi) is 4.77. The molecule has 0 saturated carbocycles. The number of methoxy groups -OCH3 is 1. The largest absolute Gasteiger partial charge is 0.497 e. The Morgan fingerprint density at radius 1 is 1.32 bits per heavy atom. The number of hydrazone groups is 1. The normalized spacial score (nSPS) is 16.5. The van der Waals surface area contributed by atoms with Gasteiger partial charge in [-0.15, -0.1) is 11.3 Å². The molecule has 1 atom stereocenters. The lowest BCUT2D eigenvalue weighted by atomic mass is 9.96. The van der Waals surface area contributed by atoms with Crippen molar-refractivity contribution in [2.75, 3.05) is 7.11 Å². The summed E-state index contributed by atoms with van der Waals surface area (Å²) in [5.74, 6) is 0.688. The van der Waals surface area contributed by atoms with E-state index in [0.29, 0.717) is 24.1 Å². The van der Waals surface area contributed by atoms with Crippen molar-refractivity contribution >= 4 is 33.2 Å². The van der Waals surface area contributed by atoms with E-state index in [1.807, 2.05) is 49.6 Å². The average Bonchev–Trinajstić information content (AvgIpc) is 3.35. The number of nitrogens with one attached hydrogen (secondary N) is 1. The Morgan fingerprint density at radius 3 is 2.75 bits per heavy atom. The molecule has 3 aromatic rings. The number of thiophene rings is 1.